The zero-order chi connectivity index (χ0) is 27.1. The molecule has 2 aliphatic rings. The first-order valence-electron chi connectivity index (χ1n) is 12.9. The summed E-state index contributed by atoms with van der Waals surface area (Å²) in [7, 11) is 3.59. The Hall–Kier alpha value is -4.38. The Morgan fingerprint density at radius 3 is 2.28 bits per heavy atom. The van der Waals surface area contributed by atoms with E-state index >= 15 is 0 Å². The molecule has 6 rings (SSSR count). The molecule has 1 atom stereocenters. The van der Waals surface area contributed by atoms with Crippen molar-refractivity contribution in [1.29, 1.82) is 0 Å². The Balaban J connectivity index is 1.45. The average molecular weight is 528 g/mol. The number of aryl methyl sites for hydroxylation is 1. The molecule has 1 aromatic carbocycles. The molecular formula is C28H29N7O4. The average Bonchev–Trinajstić information content (AvgIpc) is 3.30. The molecule has 0 aliphatic carbocycles. The fourth-order valence-electron chi connectivity index (χ4n) is 6.25. The Labute approximate surface area is 225 Å². The number of carbonyl (C=O) groups excluding carboxylic acids is 2. The quantitative estimate of drug-likeness (QED) is 0.428. The molecule has 2 aliphatic heterocycles. The van der Waals surface area contributed by atoms with Crippen LogP contribution in [0.25, 0.3) is 10.9 Å². The number of nitrogens with zero attached hydrogens (tertiary/aromatic N) is 7. The summed E-state index contributed by atoms with van der Waals surface area (Å²) in [5, 5.41) is 11.7. The Bertz CT molecular complexity index is 1530. The van der Waals surface area contributed by atoms with Gasteiger partial charge >= 0.3 is 0 Å². The highest BCUT2D eigenvalue weighted by atomic mass is 16.5. The van der Waals surface area contributed by atoms with Crippen LogP contribution in [-0.2, 0) is 12.5 Å². The maximum atomic E-state index is 13.8. The number of aromatic nitrogens is 5. The third kappa shape index (κ3) is 4.00. The number of ether oxygens (including phenoxy) is 1. The van der Waals surface area contributed by atoms with Gasteiger partial charge in [0.05, 0.1) is 37.7 Å². The van der Waals surface area contributed by atoms with Crippen LogP contribution in [0.1, 0.15) is 51.1 Å². The largest absolute Gasteiger partial charge is 0.497 e. The molecule has 200 valence electrons. The highest BCUT2D eigenvalue weighted by Crippen LogP contribution is 2.50. The first-order chi connectivity index (χ1) is 19.0. The second kappa shape index (κ2) is 9.73. The number of likely N-dealkylation sites (tertiary alicyclic amines) is 1. The van der Waals surface area contributed by atoms with Crippen molar-refractivity contribution in [2.75, 3.05) is 33.4 Å². The first-order valence-corrected chi connectivity index (χ1v) is 12.9. The molecule has 5 heterocycles. The van der Waals surface area contributed by atoms with Gasteiger partial charge in [-0.25, -0.2) is 9.97 Å². The second-order valence-electron chi connectivity index (χ2n) is 10.1. The van der Waals surface area contributed by atoms with Gasteiger partial charge in [0.25, 0.3) is 11.8 Å². The van der Waals surface area contributed by atoms with Crippen molar-refractivity contribution in [3.63, 3.8) is 0 Å². The second-order valence-corrected chi connectivity index (χ2v) is 10.1. The summed E-state index contributed by atoms with van der Waals surface area (Å²) in [6, 6.07) is 5.41. The molecule has 0 saturated carbocycles. The van der Waals surface area contributed by atoms with Crippen LogP contribution < -0.4 is 4.74 Å². The van der Waals surface area contributed by atoms with E-state index in [-0.39, 0.29) is 24.1 Å². The number of amides is 2. The molecule has 0 bridgehead atoms. The maximum absolute atomic E-state index is 13.8. The summed E-state index contributed by atoms with van der Waals surface area (Å²) in [6.07, 6.45) is 10.3. The van der Waals surface area contributed by atoms with Crippen LogP contribution in [0.5, 0.6) is 5.75 Å². The molecule has 1 N–H and O–H groups in total. The molecule has 11 nitrogen and oxygen atoms in total. The number of aliphatic hydroxyl groups excluding tert-OH is 1. The summed E-state index contributed by atoms with van der Waals surface area (Å²) in [5.41, 5.74) is 3.07. The van der Waals surface area contributed by atoms with Crippen molar-refractivity contribution in [3.05, 3.63) is 78.0 Å². The molecule has 39 heavy (non-hydrogen) atoms. The van der Waals surface area contributed by atoms with Gasteiger partial charge in [-0.3, -0.25) is 19.6 Å². The van der Waals surface area contributed by atoms with Crippen LogP contribution >= 0.6 is 0 Å². The minimum absolute atomic E-state index is 0.155. The minimum Gasteiger partial charge on any atom is -0.497 e. The number of rotatable bonds is 4. The summed E-state index contributed by atoms with van der Waals surface area (Å²) in [6.45, 7) is 1.14. The van der Waals surface area contributed by atoms with Crippen LogP contribution in [0.4, 0.5) is 0 Å². The number of aliphatic hydroxyl groups is 1. The minimum atomic E-state index is -0.567. The van der Waals surface area contributed by atoms with Crippen molar-refractivity contribution in [3.8, 4) is 5.75 Å². The van der Waals surface area contributed by atoms with Crippen LogP contribution in [0.15, 0.2) is 55.4 Å². The molecule has 2 amide bonds. The van der Waals surface area contributed by atoms with E-state index in [0.29, 0.717) is 38.2 Å². The fraction of sp³-hybridized carbons (Fsp3) is 0.357. The number of piperidine rings is 1. The fourth-order valence-corrected chi connectivity index (χ4v) is 6.25. The van der Waals surface area contributed by atoms with Gasteiger partial charge in [0, 0.05) is 74.0 Å². The van der Waals surface area contributed by atoms with E-state index in [0.717, 1.165) is 27.9 Å². The van der Waals surface area contributed by atoms with Crippen LogP contribution in [0.2, 0.25) is 0 Å². The summed E-state index contributed by atoms with van der Waals surface area (Å²) >= 11 is 0. The van der Waals surface area contributed by atoms with Crippen molar-refractivity contribution in [1.82, 2.24) is 34.3 Å². The molecular weight excluding hydrogens is 498 g/mol. The predicted molar refractivity (Wildman–Crippen MR) is 141 cm³/mol. The van der Waals surface area contributed by atoms with Crippen molar-refractivity contribution >= 4 is 22.7 Å². The molecule has 0 unspecified atom stereocenters. The van der Waals surface area contributed by atoms with E-state index in [1.54, 1.807) is 23.1 Å². The van der Waals surface area contributed by atoms with Gasteiger partial charge < -0.3 is 24.2 Å². The van der Waals surface area contributed by atoms with Gasteiger partial charge in [0.15, 0.2) is 0 Å². The lowest BCUT2D eigenvalue weighted by molar-refractivity contribution is 0.0312. The predicted octanol–water partition coefficient (Wildman–Crippen LogP) is 2.13. The van der Waals surface area contributed by atoms with Gasteiger partial charge in [-0.1, -0.05) is 0 Å². The monoisotopic (exact) mass is 527 g/mol. The number of hydrogen-bond acceptors (Lipinski definition) is 8. The lowest BCUT2D eigenvalue weighted by Crippen LogP contribution is -2.56. The number of hydrogen-bond donors (Lipinski definition) is 1. The van der Waals surface area contributed by atoms with E-state index < -0.39 is 11.5 Å². The third-order valence-electron chi connectivity index (χ3n) is 8.15. The van der Waals surface area contributed by atoms with Crippen LogP contribution in [-0.4, -0.2) is 84.6 Å². The zero-order valence-electron chi connectivity index (χ0n) is 21.8. The van der Waals surface area contributed by atoms with E-state index in [1.807, 2.05) is 19.2 Å². The van der Waals surface area contributed by atoms with Crippen molar-refractivity contribution in [2.24, 2.45) is 7.05 Å². The molecule has 3 aromatic heterocycles. The number of methoxy groups -OCH3 is 1. The summed E-state index contributed by atoms with van der Waals surface area (Å²) in [4.78, 5) is 47.0. The molecule has 4 aromatic rings. The molecule has 11 heteroatoms. The van der Waals surface area contributed by atoms with Gasteiger partial charge in [0.1, 0.15) is 17.1 Å². The first kappa shape index (κ1) is 24.9. The smallest absolute Gasteiger partial charge is 0.274 e. The van der Waals surface area contributed by atoms with Crippen molar-refractivity contribution < 1.29 is 19.4 Å². The normalized spacial score (nSPS) is 18.3. The SMILES string of the molecule is COc1ccc2c3c(n(C)c2c1)[C@H](CO)N(C(=O)c1cnccn1)CC31CCN(C(=O)c2cnccn2)CC1. The molecule has 1 saturated heterocycles. The Kier molecular flexibility index (Phi) is 6.22. The highest BCUT2D eigenvalue weighted by Gasteiger charge is 2.50. The van der Waals surface area contributed by atoms with Gasteiger partial charge in [-0.2, -0.15) is 0 Å². The van der Waals surface area contributed by atoms with Crippen LogP contribution in [0, 0.1) is 0 Å². The van der Waals surface area contributed by atoms with E-state index in [1.165, 1.54) is 31.0 Å². The number of benzene rings is 1. The number of fused-ring (bicyclic) bond motifs is 4. The molecule has 0 radical (unpaired) electrons. The lowest BCUT2D eigenvalue weighted by Gasteiger charge is -2.50. The third-order valence-corrected chi connectivity index (χ3v) is 8.15. The standard InChI is InChI=1S/C28H29N7O4/c1-33-22-13-18(39-2)3-4-19(22)24-25(33)23(16-36)35(27(38)21-15-30-8-10-32-21)17-28(24)5-11-34(12-6-28)26(37)20-14-29-7-9-31-20/h3-4,7-10,13-15,23,36H,5-6,11-12,16-17H2,1-2H3/t23-/m0/s1. The summed E-state index contributed by atoms with van der Waals surface area (Å²) < 4.78 is 7.56. The van der Waals surface area contributed by atoms with Gasteiger partial charge in [0.2, 0.25) is 0 Å². The van der Waals surface area contributed by atoms with Crippen LogP contribution in [0.3, 0.4) is 0 Å². The lowest BCUT2D eigenvalue weighted by atomic mass is 9.68. The summed E-state index contributed by atoms with van der Waals surface area (Å²) in [5.74, 6) is 0.289. The van der Waals surface area contributed by atoms with Crippen molar-refractivity contribution in [2.45, 2.75) is 24.3 Å². The Morgan fingerprint density at radius 1 is 1.03 bits per heavy atom. The topological polar surface area (TPSA) is 127 Å². The Morgan fingerprint density at radius 2 is 1.69 bits per heavy atom. The highest BCUT2D eigenvalue weighted by molar-refractivity contribution is 5.95. The molecule has 1 fully saturated rings. The zero-order valence-corrected chi connectivity index (χ0v) is 21.8. The van der Waals surface area contributed by atoms with Gasteiger partial charge in [-0.15, -0.1) is 0 Å². The molecule has 1 spiro atoms. The van der Waals surface area contributed by atoms with E-state index in [2.05, 4.69) is 30.6 Å². The van der Waals surface area contributed by atoms with E-state index in [9.17, 15) is 14.7 Å². The maximum Gasteiger partial charge on any atom is 0.274 e. The van der Waals surface area contributed by atoms with Gasteiger partial charge in [-0.05, 0) is 30.5 Å². The van der Waals surface area contributed by atoms with E-state index in [4.69, 9.17) is 4.74 Å². The number of carbonyl (C=O) groups is 2.